The predicted molar refractivity (Wildman–Crippen MR) is 137 cm³/mol. The largest absolute Gasteiger partial charge is 0.324 e. The van der Waals surface area contributed by atoms with E-state index >= 15 is 0 Å². The Morgan fingerprint density at radius 1 is 1.42 bits per heavy atom. The number of nitrogens with one attached hydrogen (secondary N) is 1. The summed E-state index contributed by atoms with van der Waals surface area (Å²) in [5, 5.41) is 13.0. The Kier molecular flexibility index (Phi) is 7.58. The summed E-state index contributed by atoms with van der Waals surface area (Å²) in [6, 6.07) is 9.51. The van der Waals surface area contributed by atoms with Crippen LogP contribution in [0.25, 0.3) is 10.2 Å². The molecule has 33 heavy (non-hydrogen) atoms. The molecule has 3 aromatic rings. The van der Waals surface area contributed by atoms with Gasteiger partial charge in [0.25, 0.3) is 5.56 Å². The minimum atomic E-state index is -0.191. The van der Waals surface area contributed by atoms with Crippen LogP contribution in [0.5, 0.6) is 0 Å². The van der Waals surface area contributed by atoms with Crippen LogP contribution in [-0.4, -0.2) is 27.0 Å². The quantitative estimate of drug-likeness (QED) is 0.265. The molecule has 9 heteroatoms. The van der Waals surface area contributed by atoms with E-state index in [1.54, 1.807) is 22.0 Å². The normalized spacial score (nSPS) is 15.1. The van der Waals surface area contributed by atoms with Gasteiger partial charge in [-0.2, -0.15) is 5.26 Å². The molecular formula is C24H24N4O2S3. The van der Waals surface area contributed by atoms with E-state index in [0.29, 0.717) is 29.1 Å². The third-order valence-electron chi connectivity index (χ3n) is 5.48. The molecule has 0 saturated heterocycles. The van der Waals surface area contributed by atoms with Crippen LogP contribution in [0.4, 0.5) is 5.69 Å². The second-order valence-electron chi connectivity index (χ2n) is 7.91. The summed E-state index contributed by atoms with van der Waals surface area (Å²) in [7, 11) is 0. The maximum Gasteiger partial charge on any atom is 0.263 e. The summed E-state index contributed by atoms with van der Waals surface area (Å²) >= 11 is 4.24. The zero-order valence-corrected chi connectivity index (χ0v) is 20.7. The number of allylic oxidation sites excluding steroid dienone is 1. The number of benzene rings is 1. The van der Waals surface area contributed by atoms with Crippen molar-refractivity contribution in [3.05, 3.63) is 57.7 Å². The smallest absolute Gasteiger partial charge is 0.263 e. The van der Waals surface area contributed by atoms with E-state index in [4.69, 9.17) is 10.2 Å². The second-order valence-corrected chi connectivity index (χ2v) is 11.0. The van der Waals surface area contributed by atoms with Gasteiger partial charge < -0.3 is 5.32 Å². The third kappa shape index (κ3) is 5.18. The molecule has 1 atom stereocenters. The number of carbonyl (C=O) groups is 1. The Morgan fingerprint density at radius 3 is 3.03 bits per heavy atom. The van der Waals surface area contributed by atoms with Crippen LogP contribution in [0.15, 0.2) is 51.8 Å². The first-order valence-electron chi connectivity index (χ1n) is 10.7. The van der Waals surface area contributed by atoms with E-state index in [0.717, 1.165) is 39.9 Å². The minimum Gasteiger partial charge on any atom is -0.324 e. The summed E-state index contributed by atoms with van der Waals surface area (Å²) in [5.41, 5.74) is 1.78. The maximum atomic E-state index is 13.4. The van der Waals surface area contributed by atoms with Crippen molar-refractivity contribution < 1.29 is 4.79 Å². The molecule has 1 aliphatic carbocycles. The van der Waals surface area contributed by atoms with Gasteiger partial charge in [0.05, 0.1) is 28.6 Å². The summed E-state index contributed by atoms with van der Waals surface area (Å²) in [6.45, 7) is 6.38. The molecule has 1 unspecified atom stereocenters. The minimum absolute atomic E-state index is 0.0480. The number of hydrogen-bond acceptors (Lipinski definition) is 7. The predicted octanol–water partition coefficient (Wildman–Crippen LogP) is 5.12. The van der Waals surface area contributed by atoms with Gasteiger partial charge in [-0.3, -0.25) is 14.2 Å². The number of amides is 1. The van der Waals surface area contributed by atoms with Gasteiger partial charge in [-0.1, -0.05) is 36.9 Å². The molecular weight excluding hydrogens is 472 g/mol. The number of para-hydroxylation sites is 1. The number of anilines is 1. The van der Waals surface area contributed by atoms with Gasteiger partial charge in [0.2, 0.25) is 5.91 Å². The van der Waals surface area contributed by atoms with E-state index in [1.165, 1.54) is 28.4 Å². The molecule has 1 aliphatic rings. The van der Waals surface area contributed by atoms with Gasteiger partial charge >= 0.3 is 0 Å². The number of fused-ring (bicyclic) bond motifs is 3. The van der Waals surface area contributed by atoms with Crippen molar-refractivity contribution in [2.45, 2.75) is 42.8 Å². The van der Waals surface area contributed by atoms with Gasteiger partial charge in [0.1, 0.15) is 4.83 Å². The van der Waals surface area contributed by atoms with Crippen LogP contribution < -0.4 is 10.9 Å². The number of nitriles is 1. The Balaban J connectivity index is 1.57. The van der Waals surface area contributed by atoms with E-state index in [1.807, 2.05) is 24.3 Å². The number of hydrogen-bond donors (Lipinski definition) is 1. The van der Waals surface area contributed by atoms with Crippen molar-refractivity contribution in [1.82, 2.24) is 9.55 Å². The first kappa shape index (κ1) is 23.6. The molecule has 1 aromatic carbocycles. The van der Waals surface area contributed by atoms with Crippen molar-refractivity contribution in [2.24, 2.45) is 5.92 Å². The molecule has 0 radical (unpaired) electrons. The molecule has 4 rings (SSSR count). The lowest BCUT2D eigenvalue weighted by molar-refractivity contribution is -0.113. The monoisotopic (exact) mass is 496 g/mol. The number of thioether (sulfide) groups is 2. The van der Waals surface area contributed by atoms with Crippen LogP contribution in [0.2, 0.25) is 0 Å². The molecule has 170 valence electrons. The third-order valence-corrected chi connectivity index (χ3v) is 8.54. The van der Waals surface area contributed by atoms with Crippen molar-refractivity contribution in [3.8, 4) is 6.07 Å². The van der Waals surface area contributed by atoms with Crippen LogP contribution in [0.3, 0.4) is 0 Å². The number of aromatic nitrogens is 2. The van der Waals surface area contributed by atoms with Crippen LogP contribution in [-0.2, 0) is 24.2 Å². The number of aryl methyl sites for hydroxylation is 1. The fourth-order valence-electron chi connectivity index (χ4n) is 3.93. The molecule has 0 spiro atoms. The highest BCUT2D eigenvalue weighted by atomic mass is 32.2. The summed E-state index contributed by atoms with van der Waals surface area (Å²) in [4.78, 5) is 33.7. The van der Waals surface area contributed by atoms with Crippen molar-refractivity contribution in [2.75, 3.05) is 16.8 Å². The number of thiophene rings is 1. The average Bonchev–Trinajstić information content (AvgIpc) is 3.16. The first-order valence-corrected chi connectivity index (χ1v) is 13.5. The zero-order valence-electron chi connectivity index (χ0n) is 18.3. The second kappa shape index (κ2) is 10.6. The lowest BCUT2D eigenvalue weighted by Crippen LogP contribution is -2.24. The Hall–Kier alpha value is -2.54. The fraction of sp³-hybridized carbons (Fsp3) is 0.333. The number of rotatable bonds is 8. The average molecular weight is 497 g/mol. The standard InChI is InChI=1S/C24H24N4O2S3/c1-3-11-28-23(30)21-16-9-8-15(2)13-19(16)33-22(21)27-24(28)32-14-20(29)26-17-6-4-5-7-18(17)31-12-10-25/h3-7,15H,1,8-9,11-14H2,2H3,(H,26,29). The Bertz CT molecular complexity index is 1310. The van der Waals surface area contributed by atoms with E-state index in [-0.39, 0.29) is 17.2 Å². The van der Waals surface area contributed by atoms with Gasteiger partial charge in [-0.05, 0) is 42.9 Å². The SMILES string of the molecule is C=CCn1c(SCC(=O)Nc2ccccc2SCC#N)nc2sc3c(c2c1=O)CCC(C)C3. The summed E-state index contributed by atoms with van der Waals surface area (Å²) in [6.07, 6.45) is 4.68. The van der Waals surface area contributed by atoms with Crippen molar-refractivity contribution >= 4 is 56.7 Å². The van der Waals surface area contributed by atoms with E-state index in [9.17, 15) is 9.59 Å². The van der Waals surface area contributed by atoms with Gasteiger partial charge in [-0.15, -0.1) is 29.7 Å². The molecule has 6 nitrogen and oxygen atoms in total. The van der Waals surface area contributed by atoms with Crippen LogP contribution >= 0.6 is 34.9 Å². The van der Waals surface area contributed by atoms with Gasteiger partial charge in [-0.25, -0.2) is 4.98 Å². The summed E-state index contributed by atoms with van der Waals surface area (Å²) < 4.78 is 1.62. The van der Waals surface area contributed by atoms with Crippen molar-refractivity contribution in [3.63, 3.8) is 0 Å². The highest BCUT2D eigenvalue weighted by molar-refractivity contribution is 8.00. The first-order chi connectivity index (χ1) is 16.0. The number of carbonyl (C=O) groups excluding carboxylic acids is 1. The highest BCUT2D eigenvalue weighted by Gasteiger charge is 2.24. The highest BCUT2D eigenvalue weighted by Crippen LogP contribution is 2.36. The van der Waals surface area contributed by atoms with E-state index in [2.05, 4.69) is 24.9 Å². The van der Waals surface area contributed by atoms with Gasteiger partial charge in [0, 0.05) is 16.3 Å². The molecule has 0 bridgehead atoms. The van der Waals surface area contributed by atoms with E-state index < -0.39 is 0 Å². The van der Waals surface area contributed by atoms with Crippen LogP contribution in [0, 0.1) is 17.2 Å². The lowest BCUT2D eigenvalue weighted by atomic mass is 9.89. The number of nitrogens with zero attached hydrogens (tertiary/aromatic N) is 3. The molecule has 0 saturated carbocycles. The molecule has 0 aliphatic heterocycles. The molecule has 0 fully saturated rings. The Morgan fingerprint density at radius 2 is 2.24 bits per heavy atom. The maximum absolute atomic E-state index is 13.4. The zero-order chi connectivity index (χ0) is 23.4. The topological polar surface area (TPSA) is 87.8 Å². The molecule has 2 heterocycles. The van der Waals surface area contributed by atoms with Crippen molar-refractivity contribution in [1.29, 1.82) is 5.26 Å². The molecule has 1 amide bonds. The van der Waals surface area contributed by atoms with Crippen LogP contribution in [0.1, 0.15) is 23.8 Å². The fourth-order valence-corrected chi connectivity index (χ4v) is 6.83. The Labute approximate surface area is 205 Å². The molecule has 1 N–H and O–H groups in total. The summed E-state index contributed by atoms with van der Waals surface area (Å²) in [5.74, 6) is 0.855. The van der Waals surface area contributed by atoms with Gasteiger partial charge in [0.15, 0.2) is 5.16 Å². The lowest BCUT2D eigenvalue weighted by Gasteiger charge is -2.17. The molecule has 2 aromatic heterocycles.